The molecule has 1 aromatic rings. The number of rotatable bonds is 2. The summed E-state index contributed by atoms with van der Waals surface area (Å²) in [7, 11) is 0. The average Bonchev–Trinajstić information content (AvgIpc) is 2.79. The average molecular weight is 277 g/mol. The molecule has 2 nitrogen and oxygen atoms in total. The molecule has 1 N–H and O–H groups in total. The summed E-state index contributed by atoms with van der Waals surface area (Å²) in [5.41, 5.74) is 5.94. The van der Waals surface area contributed by atoms with E-state index in [1.165, 1.54) is 35.4 Å². The summed E-state index contributed by atoms with van der Waals surface area (Å²) in [4.78, 5) is 4.57. The standard InChI is InChI=1S/C16H20N2.ClH/c1-11-10-17-16(18-11)9-14-8-7-13-5-3-4-6-15(13)12(14)2;/h3-6,11H,7-10H2,1-2H3,(H,17,18);1H. The van der Waals surface area contributed by atoms with E-state index in [0.29, 0.717) is 6.04 Å². The van der Waals surface area contributed by atoms with E-state index >= 15 is 0 Å². The molecular weight excluding hydrogens is 256 g/mol. The summed E-state index contributed by atoms with van der Waals surface area (Å²) in [6, 6.07) is 9.29. The van der Waals surface area contributed by atoms with Crippen molar-refractivity contribution >= 4 is 23.8 Å². The lowest BCUT2D eigenvalue weighted by atomic mass is 9.85. The van der Waals surface area contributed by atoms with Gasteiger partial charge in [-0.1, -0.05) is 29.8 Å². The van der Waals surface area contributed by atoms with Gasteiger partial charge >= 0.3 is 0 Å². The number of aliphatic imine (C=N–C) groups is 1. The lowest BCUT2D eigenvalue weighted by molar-refractivity contribution is 0.721. The Bertz CT molecular complexity index is 531. The van der Waals surface area contributed by atoms with Crippen molar-refractivity contribution in [1.82, 2.24) is 5.32 Å². The second-order valence-electron chi connectivity index (χ2n) is 5.40. The van der Waals surface area contributed by atoms with Crippen molar-refractivity contribution in [2.75, 3.05) is 6.54 Å². The van der Waals surface area contributed by atoms with Crippen LogP contribution < -0.4 is 5.32 Å². The van der Waals surface area contributed by atoms with E-state index in [9.17, 15) is 0 Å². The molecule has 3 heteroatoms. The molecule has 19 heavy (non-hydrogen) atoms. The number of nitrogens with zero attached hydrogens (tertiary/aromatic N) is 1. The first-order chi connectivity index (χ1) is 8.74. The van der Waals surface area contributed by atoms with E-state index in [1.54, 1.807) is 5.57 Å². The molecule has 102 valence electrons. The zero-order valence-corrected chi connectivity index (χ0v) is 12.4. The van der Waals surface area contributed by atoms with Gasteiger partial charge in [-0.3, -0.25) is 4.99 Å². The fourth-order valence-corrected chi connectivity index (χ4v) is 2.92. The molecular formula is C16H21ClN2. The van der Waals surface area contributed by atoms with Crippen molar-refractivity contribution in [3.63, 3.8) is 0 Å². The van der Waals surface area contributed by atoms with Crippen molar-refractivity contribution in [3.8, 4) is 0 Å². The van der Waals surface area contributed by atoms with Gasteiger partial charge in [0.25, 0.3) is 0 Å². The third kappa shape index (κ3) is 2.84. The molecule has 1 aliphatic carbocycles. The molecule has 1 atom stereocenters. The summed E-state index contributed by atoms with van der Waals surface area (Å²) >= 11 is 0. The number of fused-ring (bicyclic) bond motifs is 1. The van der Waals surface area contributed by atoms with Crippen LogP contribution >= 0.6 is 12.4 Å². The van der Waals surface area contributed by atoms with Crippen molar-refractivity contribution < 1.29 is 0 Å². The summed E-state index contributed by atoms with van der Waals surface area (Å²) in [5, 5.41) is 3.46. The Kier molecular flexibility index (Phi) is 4.31. The maximum absolute atomic E-state index is 4.57. The Balaban J connectivity index is 0.00000133. The SMILES string of the molecule is CC1=C(CC2=NCC(C)N2)CCc2ccccc21.Cl. The molecule has 0 spiro atoms. The van der Waals surface area contributed by atoms with Gasteiger partial charge in [-0.15, -0.1) is 12.4 Å². The monoisotopic (exact) mass is 276 g/mol. The first kappa shape index (κ1) is 14.1. The number of hydrogen-bond acceptors (Lipinski definition) is 2. The van der Waals surface area contributed by atoms with Crippen molar-refractivity contribution in [3.05, 3.63) is 41.0 Å². The highest BCUT2D eigenvalue weighted by molar-refractivity contribution is 5.88. The van der Waals surface area contributed by atoms with Crippen LogP contribution in [-0.2, 0) is 6.42 Å². The molecule has 0 amide bonds. The minimum absolute atomic E-state index is 0. The Morgan fingerprint density at radius 1 is 1.26 bits per heavy atom. The van der Waals surface area contributed by atoms with Crippen LogP contribution in [0.25, 0.3) is 5.57 Å². The molecule has 1 heterocycles. The Hall–Kier alpha value is -1.28. The van der Waals surface area contributed by atoms with Crippen LogP contribution in [0.2, 0.25) is 0 Å². The molecule has 3 rings (SSSR count). The van der Waals surface area contributed by atoms with E-state index in [2.05, 4.69) is 48.4 Å². The van der Waals surface area contributed by atoms with Crippen LogP contribution in [0.5, 0.6) is 0 Å². The van der Waals surface area contributed by atoms with Crippen molar-refractivity contribution in [2.24, 2.45) is 4.99 Å². The first-order valence-corrected chi connectivity index (χ1v) is 6.81. The van der Waals surface area contributed by atoms with Gasteiger partial charge in [0.2, 0.25) is 0 Å². The Morgan fingerprint density at radius 3 is 2.79 bits per heavy atom. The van der Waals surface area contributed by atoms with Gasteiger partial charge in [0.05, 0.1) is 6.54 Å². The fourth-order valence-electron chi connectivity index (χ4n) is 2.92. The number of amidine groups is 1. The predicted molar refractivity (Wildman–Crippen MR) is 84.1 cm³/mol. The number of halogens is 1. The molecule has 0 saturated heterocycles. The number of hydrogen-bond donors (Lipinski definition) is 1. The largest absolute Gasteiger partial charge is 0.369 e. The molecule has 0 aromatic heterocycles. The quantitative estimate of drug-likeness (QED) is 0.877. The smallest absolute Gasteiger partial charge is 0.101 e. The molecule has 0 bridgehead atoms. The van der Waals surface area contributed by atoms with Gasteiger partial charge in [-0.25, -0.2) is 0 Å². The van der Waals surface area contributed by atoms with E-state index in [0.717, 1.165) is 13.0 Å². The van der Waals surface area contributed by atoms with Crippen LogP contribution in [0, 0.1) is 0 Å². The minimum atomic E-state index is 0. The van der Waals surface area contributed by atoms with Gasteiger partial charge in [0.15, 0.2) is 0 Å². The first-order valence-electron chi connectivity index (χ1n) is 6.81. The number of nitrogens with one attached hydrogen (secondary N) is 1. The Morgan fingerprint density at radius 2 is 2.05 bits per heavy atom. The van der Waals surface area contributed by atoms with Crippen molar-refractivity contribution in [1.29, 1.82) is 0 Å². The van der Waals surface area contributed by atoms with E-state index in [-0.39, 0.29) is 12.4 Å². The second kappa shape index (κ2) is 5.79. The van der Waals surface area contributed by atoms with Crippen LogP contribution in [-0.4, -0.2) is 18.4 Å². The van der Waals surface area contributed by atoms with Crippen LogP contribution in [0.1, 0.15) is 37.8 Å². The van der Waals surface area contributed by atoms with Crippen molar-refractivity contribution in [2.45, 2.75) is 39.2 Å². The summed E-state index contributed by atoms with van der Waals surface area (Å²) in [5.74, 6) is 1.18. The zero-order chi connectivity index (χ0) is 12.5. The fraction of sp³-hybridized carbons (Fsp3) is 0.438. The molecule has 1 aromatic carbocycles. The topological polar surface area (TPSA) is 24.4 Å². The van der Waals surface area contributed by atoms with Crippen LogP contribution in [0.3, 0.4) is 0 Å². The highest BCUT2D eigenvalue weighted by Gasteiger charge is 2.19. The minimum Gasteiger partial charge on any atom is -0.369 e. The number of aryl methyl sites for hydroxylation is 1. The number of benzene rings is 1. The lowest BCUT2D eigenvalue weighted by Gasteiger charge is -2.21. The van der Waals surface area contributed by atoms with E-state index in [1.807, 2.05) is 0 Å². The van der Waals surface area contributed by atoms with Gasteiger partial charge in [-0.05, 0) is 43.4 Å². The maximum atomic E-state index is 4.57. The second-order valence-corrected chi connectivity index (χ2v) is 5.40. The van der Waals surface area contributed by atoms with Crippen LogP contribution in [0.4, 0.5) is 0 Å². The molecule has 0 saturated carbocycles. The summed E-state index contributed by atoms with van der Waals surface area (Å²) in [6.07, 6.45) is 3.36. The zero-order valence-electron chi connectivity index (χ0n) is 11.6. The van der Waals surface area contributed by atoms with Gasteiger partial charge in [0.1, 0.15) is 5.84 Å². The molecule has 0 radical (unpaired) electrons. The molecule has 2 aliphatic rings. The number of allylic oxidation sites excluding steroid dienone is 1. The van der Waals surface area contributed by atoms with Gasteiger partial charge < -0.3 is 5.32 Å². The van der Waals surface area contributed by atoms with Crippen LogP contribution in [0.15, 0.2) is 34.8 Å². The molecule has 0 fully saturated rings. The Labute approximate surface area is 121 Å². The third-order valence-electron chi connectivity index (χ3n) is 4.00. The van der Waals surface area contributed by atoms with E-state index in [4.69, 9.17) is 0 Å². The summed E-state index contributed by atoms with van der Waals surface area (Å²) in [6.45, 7) is 5.37. The van der Waals surface area contributed by atoms with Gasteiger partial charge in [0, 0.05) is 12.5 Å². The van der Waals surface area contributed by atoms with Gasteiger partial charge in [-0.2, -0.15) is 0 Å². The molecule has 1 unspecified atom stereocenters. The predicted octanol–water partition coefficient (Wildman–Crippen LogP) is 3.61. The highest BCUT2D eigenvalue weighted by Crippen LogP contribution is 2.32. The normalized spacial score (nSPS) is 21.4. The summed E-state index contributed by atoms with van der Waals surface area (Å²) < 4.78 is 0. The highest BCUT2D eigenvalue weighted by atomic mass is 35.5. The molecule has 1 aliphatic heterocycles. The lowest BCUT2D eigenvalue weighted by Crippen LogP contribution is -2.27. The van der Waals surface area contributed by atoms with E-state index < -0.39 is 0 Å². The third-order valence-corrected chi connectivity index (χ3v) is 4.00. The maximum Gasteiger partial charge on any atom is 0.101 e.